The van der Waals surface area contributed by atoms with Gasteiger partial charge in [0.25, 0.3) is 0 Å². The highest BCUT2D eigenvalue weighted by Crippen LogP contribution is 2.22. The van der Waals surface area contributed by atoms with Crippen molar-refractivity contribution in [3.63, 3.8) is 0 Å². The lowest BCUT2D eigenvalue weighted by Gasteiger charge is -2.32. The fourth-order valence-corrected chi connectivity index (χ4v) is 3.88. The number of hydrogen-bond acceptors (Lipinski definition) is 5. The average molecular weight is 384 g/mol. The standard InChI is InChI=1S/C23H33N3O2/c1-26(21-10-3-2-4-11-21)17-22(27)18-28-23-12-6-5-9-20(23)16-25-15-19-8-7-13-24-14-19/h5-9,12-14,21-22,25,27H,2-4,10-11,15-18H2,1H3/t22-/m1/s1. The number of benzene rings is 1. The third-order valence-corrected chi connectivity index (χ3v) is 5.47. The molecule has 0 saturated heterocycles. The summed E-state index contributed by atoms with van der Waals surface area (Å²) >= 11 is 0. The van der Waals surface area contributed by atoms with Gasteiger partial charge < -0.3 is 20.1 Å². The Hall–Kier alpha value is -1.95. The Morgan fingerprint density at radius 1 is 1.14 bits per heavy atom. The molecule has 0 amide bonds. The van der Waals surface area contributed by atoms with E-state index in [0.717, 1.165) is 23.4 Å². The molecular formula is C23H33N3O2. The zero-order valence-corrected chi connectivity index (χ0v) is 16.9. The summed E-state index contributed by atoms with van der Waals surface area (Å²) in [7, 11) is 2.12. The summed E-state index contributed by atoms with van der Waals surface area (Å²) in [5.41, 5.74) is 2.25. The third-order valence-electron chi connectivity index (χ3n) is 5.47. The van der Waals surface area contributed by atoms with E-state index in [1.807, 2.05) is 30.5 Å². The van der Waals surface area contributed by atoms with Crippen LogP contribution in [-0.2, 0) is 13.1 Å². The number of nitrogens with zero attached hydrogens (tertiary/aromatic N) is 2. The number of aliphatic hydroxyl groups excluding tert-OH is 1. The first-order chi connectivity index (χ1) is 13.7. The van der Waals surface area contributed by atoms with Crippen LogP contribution in [0.4, 0.5) is 0 Å². The molecule has 2 N–H and O–H groups in total. The summed E-state index contributed by atoms with van der Waals surface area (Å²) in [4.78, 5) is 6.44. The number of hydrogen-bond donors (Lipinski definition) is 2. The minimum Gasteiger partial charge on any atom is -0.491 e. The third kappa shape index (κ3) is 6.59. The first-order valence-electron chi connectivity index (χ1n) is 10.4. The molecule has 1 saturated carbocycles. The lowest BCUT2D eigenvalue weighted by molar-refractivity contribution is 0.0558. The summed E-state index contributed by atoms with van der Waals surface area (Å²) in [5, 5.41) is 13.9. The second-order valence-corrected chi connectivity index (χ2v) is 7.77. The molecule has 1 aliphatic rings. The van der Waals surface area contributed by atoms with Gasteiger partial charge in [0.1, 0.15) is 18.5 Å². The lowest BCUT2D eigenvalue weighted by Crippen LogP contribution is -2.40. The minimum atomic E-state index is -0.483. The van der Waals surface area contributed by atoms with E-state index < -0.39 is 6.10 Å². The highest BCUT2D eigenvalue weighted by molar-refractivity contribution is 5.33. The van der Waals surface area contributed by atoms with Crippen molar-refractivity contribution >= 4 is 0 Å². The Morgan fingerprint density at radius 3 is 2.75 bits per heavy atom. The van der Waals surface area contributed by atoms with Crippen LogP contribution in [0.5, 0.6) is 5.75 Å². The number of likely N-dealkylation sites (N-methyl/N-ethyl adjacent to an activating group) is 1. The second kappa shape index (κ2) is 11.1. The van der Waals surface area contributed by atoms with Gasteiger partial charge in [-0.1, -0.05) is 43.5 Å². The van der Waals surface area contributed by atoms with Crippen LogP contribution in [-0.4, -0.2) is 47.3 Å². The molecule has 1 aliphatic carbocycles. The number of para-hydroxylation sites is 1. The molecule has 0 unspecified atom stereocenters. The van der Waals surface area contributed by atoms with Gasteiger partial charge in [0.05, 0.1) is 0 Å². The predicted octanol–water partition coefficient (Wildman–Crippen LogP) is 3.38. The van der Waals surface area contributed by atoms with Crippen LogP contribution < -0.4 is 10.1 Å². The van der Waals surface area contributed by atoms with Gasteiger partial charge in [0.2, 0.25) is 0 Å². The summed E-state index contributed by atoms with van der Waals surface area (Å²) in [6.07, 6.45) is 9.62. The zero-order chi connectivity index (χ0) is 19.6. The van der Waals surface area contributed by atoms with Crippen LogP contribution in [0, 0.1) is 0 Å². The Kier molecular flexibility index (Phi) is 8.27. The van der Waals surface area contributed by atoms with Gasteiger partial charge in [0.15, 0.2) is 0 Å². The molecule has 1 atom stereocenters. The topological polar surface area (TPSA) is 57.6 Å². The van der Waals surface area contributed by atoms with E-state index in [-0.39, 0.29) is 0 Å². The van der Waals surface area contributed by atoms with E-state index in [2.05, 4.69) is 34.4 Å². The van der Waals surface area contributed by atoms with Crippen LogP contribution in [0.3, 0.4) is 0 Å². The zero-order valence-electron chi connectivity index (χ0n) is 16.9. The second-order valence-electron chi connectivity index (χ2n) is 7.77. The summed E-state index contributed by atoms with van der Waals surface area (Å²) in [6, 6.07) is 12.6. The van der Waals surface area contributed by atoms with E-state index in [0.29, 0.717) is 25.7 Å². The van der Waals surface area contributed by atoms with Crippen molar-refractivity contribution in [1.29, 1.82) is 0 Å². The number of rotatable bonds is 10. The first-order valence-corrected chi connectivity index (χ1v) is 10.4. The van der Waals surface area contributed by atoms with Crippen LogP contribution >= 0.6 is 0 Å². The van der Waals surface area contributed by atoms with Crippen molar-refractivity contribution in [2.45, 2.75) is 57.3 Å². The quantitative estimate of drug-likeness (QED) is 0.659. The number of ether oxygens (including phenoxy) is 1. The van der Waals surface area contributed by atoms with Crippen molar-refractivity contribution in [3.05, 3.63) is 59.9 Å². The van der Waals surface area contributed by atoms with Gasteiger partial charge >= 0.3 is 0 Å². The van der Waals surface area contributed by atoms with E-state index in [4.69, 9.17) is 4.74 Å². The summed E-state index contributed by atoms with van der Waals surface area (Å²) in [6.45, 7) is 2.45. The highest BCUT2D eigenvalue weighted by Gasteiger charge is 2.20. The van der Waals surface area contributed by atoms with E-state index in [9.17, 15) is 5.11 Å². The molecule has 1 heterocycles. The molecule has 0 aliphatic heterocycles. The summed E-state index contributed by atoms with van der Waals surface area (Å²) in [5.74, 6) is 0.834. The SMILES string of the molecule is CN(C[C@@H](O)COc1ccccc1CNCc1cccnc1)C1CCCCC1. The van der Waals surface area contributed by atoms with E-state index in [1.165, 1.54) is 32.1 Å². The molecule has 5 nitrogen and oxygen atoms in total. The van der Waals surface area contributed by atoms with E-state index >= 15 is 0 Å². The molecule has 1 fully saturated rings. The normalized spacial score (nSPS) is 16.2. The fourth-order valence-electron chi connectivity index (χ4n) is 3.88. The van der Waals surface area contributed by atoms with Crippen LogP contribution in [0.2, 0.25) is 0 Å². The molecule has 0 bridgehead atoms. The Morgan fingerprint density at radius 2 is 1.96 bits per heavy atom. The molecule has 1 aromatic heterocycles. The Labute approximate surface area is 168 Å². The van der Waals surface area contributed by atoms with Gasteiger partial charge in [-0.3, -0.25) is 4.98 Å². The van der Waals surface area contributed by atoms with Crippen LogP contribution in [0.1, 0.15) is 43.2 Å². The maximum Gasteiger partial charge on any atom is 0.123 e. The van der Waals surface area contributed by atoms with Crippen molar-refractivity contribution in [2.24, 2.45) is 0 Å². The number of aromatic nitrogens is 1. The van der Waals surface area contributed by atoms with Crippen molar-refractivity contribution in [3.8, 4) is 5.75 Å². The van der Waals surface area contributed by atoms with E-state index in [1.54, 1.807) is 6.20 Å². The lowest BCUT2D eigenvalue weighted by atomic mass is 9.94. The van der Waals surface area contributed by atoms with Gasteiger partial charge in [-0.15, -0.1) is 0 Å². The molecule has 3 rings (SSSR count). The number of nitrogens with one attached hydrogen (secondary N) is 1. The number of aliphatic hydroxyl groups is 1. The van der Waals surface area contributed by atoms with Gasteiger partial charge in [-0.2, -0.15) is 0 Å². The van der Waals surface area contributed by atoms with Crippen molar-refractivity contribution in [1.82, 2.24) is 15.2 Å². The monoisotopic (exact) mass is 383 g/mol. The Balaban J connectivity index is 1.44. The van der Waals surface area contributed by atoms with Crippen molar-refractivity contribution in [2.75, 3.05) is 20.2 Å². The molecule has 5 heteroatoms. The molecule has 2 aromatic rings. The summed E-state index contributed by atoms with van der Waals surface area (Å²) < 4.78 is 5.96. The smallest absolute Gasteiger partial charge is 0.123 e. The molecule has 28 heavy (non-hydrogen) atoms. The average Bonchev–Trinajstić information content (AvgIpc) is 2.74. The Bertz CT molecular complexity index is 689. The maximum atomic E-state index is 10.4. The van der Waals surface area contributed by atoms with Crippen LogP contribution in [0.25, 0.3) is 0 Å². The largest absolute Gasteiger partial charge is 0.491 e. The highest BCUT2D eigenvalue weighted by atomic mass is 16.5. The fraction of sp³-hybridized carbons (Fsp3) is 0.522. The molecule has 152 valence electrons. The maximum absolute atomic E-state index is 10.4. The molecular weight excluding hydrogens is 350 g/mol. The molecule has 0 spiro atoms. The number of pyridine rings is 1. The van der Waals surface area contributed by atoms with Gasteiger partial charge in [-0.25, -0.2) is 0 Å². The van der Waals surface area contributed by atoms with Crippen molar-refractivity contribution < 1.29 is 9.84 Å². The predicted molar refractivity (Wildman–Crippen MR) is 112 cm³/mol. The molecule has 0 radical (unpaired) electrons. The van der Waals surface area contributed by atoms with Gasteiger partial charge in [0, 0.05) is 43.6 Å². The van der Waals surface area contributed by atoms with Gasteiger partial charge in [-0.05, 0) is 37.6 Å². The first kappa shape index (κ1) is 20.8. The molecule has 1 aromatic carbocycles. The minimum absolute atomic E-state index is 0.316. The van der Waals surface area contributed by atoms with Crippen LogP contribution in [0.15, 0.2) is 48.8 Å².